The van der Waals surface area contributed by atoms with Gasteiger partial charge in [0.15, 0.2) is 0 Å². The van der Waals surface area contributed by atoms with E-state index in [9.17, 15) is 0 Å². The van der Waals surface area contributed by atoms with Gasteiger partial charge in [-0.1, -0.05) is 46.3 Å². The van der Waals surface area contributed by atoms with Crippen molar-refractivity contribution in [3.8, 4) is 0 Å². The van der Waals surface area contributed by atoms with E-state index in [0.29, 0.717) is 0 Å². The Labute approximate surface area is 81.4 Å². The fourth-order valence-corrected chi connectivity index (χ4v) is 1.94. The summed E-state index contributed by atoms with van der Waals surface area (Å²) in [7, 11) is 0. The number of allylic oxidation sites excluding steroid dienone is 2. The normalized spacial score (nSPS) is 16.2. The molecular weight excluding hydrogens is 212 g/mol. The predicted octanol–water partition coefficient (Wildman–Crippen LogP) is 3.45. The van der Waals surface area contributed by atoms with Gasteiger partial charge in [0.2, 0.25) is 0 Å². The zero-order chi connectivity index (χ0) is 8.39. The molecule has 0 aliphatic heterocycles. The van der Waals surface area contributed by atoms with Gasteiger partial charge in [-0.15, -0.1) is 0 Å². The van der Waals surface area contributed by atoms with Crippen LogP contribution in [0.1, 0.15) is 17.5 Å². The predicted molar refractivity (Wildman–Crippen MR) is 55.5 cm³/mol. The monoisotopic (exact) mass is 222 g/mol. The maximum absolute atomic E-state index is 3.56. The Balaban J connectivity index is 2.35. The fourth-order valence-electron chi connectivity index (χ4n) is 1.58. The zero-order valence-corrected chi connectivity index (χ0v) is 8.47. The van der Waals surface area contributed by atoms with Crippen LogP contribution >= 0.6 is 15.9 Å². The average Bonchev–Trinajstić information content (AvgIpc) is 2.29. The first-order chi connectivity index (χ1) is 5.86. The highest BCUT2D eigenvalue weighted by atomic mass is 79.9. The summed E-state index contributed by atoms with van der Waals surface area (Å²) in [5.41, 5.74) is 2.98. The number of hydrogen-bond acceptors (Lipinski definition) is 0. The SMILES string of the molecule is BrC1=CCc2ccccc2CC1. The third kappa shape index (κ3) is 1.61. The minimum Gasteiger partial charge on any atom is -0.0699 e. The summed E-state index contributed by atoms with van der Waals surface area (Å²) in [6.07, 6.45) is 5.67. The molecule has 12 heavy (non-hydrogen) atoms. The first-order valence-electron chi connectivity index (χ1n) is 4.27. The van der Waals surface area contributed by atoms with Crippen LogP contribution in [0, 0.1) is 0 Å². The van der Waals surface area contributed by atoms with Gasteiger partial charge in [0.05, 0.1) is 0 Å². The highest BCUT2D eigenvalue weighted by molar-refractivity contribution is 9.11. The Morgan fingerprint density at radius 3 is 2.58 bits per heavy atom. The molecule has 1 aromatic rings. The molecule has 0 amide bonds. The van der Waals surface area contributed by atoms with Crippen LogP contribution in [-0.2, 0) is 12.8 Å². The van der Waals surface area contributed by atoms with Gasteiger partial charge in [0, 0.05) is 0 Å². The fraction of sp³-hybridized carbons (Fsp3) is 0.273. The lowest BCUT2D eigenvalue weighted by atomic mass is 10.0. The number of hydrogen-bond donors (Lipinski definition) is 0. The van der Waals surface area contributed by atoms with Gasteiger partial charge in [-0.25, -0.2) is 0 Å². The van der Waals surface area contributed by atoms with Gasteiger partial charge in [-0.3, -0.25) is 0 Å². The molecule has 0 radical (unpaired) electrons. The third-order valence-corrected chi connectivity index (χ3v) is 3.02. The molecule has 0 spiro atoms. The van der Waals surface area contributed by atoms with Gasteiger partial charge in [-0.2, -0.15) is 0 Å². The van der Waals surface area contributed by atoms with Crippen LogP contribution in [0.15, 0.2) is 34.8 Å². The minimum atomic E-state index is 1.08. The smallest absolute Gasteiger partial charge is 0.00826 e. The van der Waals surface area contributed by atoms with E-state index in [1.54, 1.807) is 0 Å². The highest BCUT2D eigenvalue weighted by Crippen LogP contribution is 2.22. The van der Waals surface area contributed by atoms with Gasteiger partial charge in [-0.05, 0) is 34.9 Å². The maximum atomic E-state index is 3.56. The molecular formula is C11H11Br. The van der Waals surface area contributed by atoms with E-state index in [4.69, 9.17) is 0 Å². The Morgan fingerprint density at radius 1 is 1.00 bits per heavy atom. The molecule has 1 heteroatoms. The lowest BCUT2D eigenvalue weighted by Gasteiger charge is -2.02. The second kappa shape index (κ2) is 3.44. The Bertz CT molecular complexity index is 313. The van der Waals surface area contributed by atoms with E-state index < -0.39 is 0 Å². The van der Waals surface area contributed by atoms with Crippen molar-refractivity contribution in [3.63, 3.8) is 0 Å². The van der Waals surface area contributed by atoms with Crippen molar-refractivity contribution in [2.45, 2.75) is 19.3 Å². The van der Waals surface area contributed by atoms with E-state index in [1.165, 1.54) is 22.0 Å². The summed E-state index contributed by atoms with van der Waals surface area (Å²) in [5, 5.41) is 0. The van der Waals surface area contributed by atoms with Crippen molar-refractivity contribution in [1.82, 2.24) is 0 Å². The quantitative estimate of drug-likeness (QED) is 0.631. The first kappa shape index (κ1) is 8.06. The van der Waals surface area contributed by atoms with E-state index in [0.717, 1.165) is 12.8 Å². The van der Waals surface area contributed by atoms with Crippen molar-refractivity contribution < 1.29 is 0 Å². The number of fused-ring (bicyclic) bond motifs is 1. The summed E-state index contributed by atoms with van der Waals surface area (Å²) in [5.74, 6) is 0. The molecule has 62 valence electrons. The first-order valence-corrected chi connectivity index (χ1v) is 5.07. The molecule has 0 N–H and O–H groups in total. The molecule has 0 aromatic heterocycles. The van der Waals surface area contributed by atoms with Crippen LogP contribution in [0.2, 0.25) is 0 Å². The van der Waals surface area contributed by atoms with Gasteiger partial charge >= 0.3 is 0 Å². The summed E-state index contributed by atoms with van der Waals surface area (Å²) >= 11 is 3.56. The minimum absolute atomic E-state index is 1.08. The molecule has 2 rings (SSSR count). The third-order valence-electron chi connectivity index (χ3n) is 2.30. The molecule has 0 unspecified atom stereocenters. The van der Waals surface area contributed by atoms with Crippen molar-refractivity contribution in [1.29, 1.82) is 0 Å². The van der Waals surface area contributed by atoms with E-state index in [-0.39, 0.29) is 0 Å². The molecule has 0 atom stereocenters. The average molecular weight is 223 g/mol. The van der Waals surface area contributed by atoms with Gasteiger partial charge < -0.3 is 0 Å². The van der Waals surface area contributed by atoms with Crippen LogP contribution in [0.5, 0.6) is 0 Å². The molecule has 1 aromatic carbocycles. The summed E-state index contributed by atoms with van der Waals surface area (Å²) < 4.78 is 1.35. The number of benzene rings is 1. The Kier molecular flexibility index (Phi) is 2.31. The van der Waals surface area contributed by atoms with Crippen molar-refractivity contribution >= 4 is 15.9 Å². The van der Waals surface area contributed by atoms with E-state index >= 15 is 0 Å². The van der Waals surface area contributed by atoms with Gasteiger partial charge in [0.1, 0.15) is 0 Å². The lowest BCUT2D eigenvalue weighted by Crippen LogP contribution is -1.88. The van der Waals surface area contributed by atoms with E-state index in [2.05, 4.69) is 46.3 Å². The highest BCUT2D eigenvalue weighted by Gasteiger charge is 2.05. The standard InChI is InChI=1S/C11H11Br/c12-11-7-5-9-3-1-2-4-10(9)6-8-11/h1-4,7H,5-6,8H2. The number of halogens is 1. The second-order valence-corrected chi connectivity index (χ2v) is 4.14. The van der Waals surface area contributed by atoms with Crippen molar-refractivity contribution in [2.75, 3.05) is 0 Å². The summed E-state index contributed by atoms with van der Waals surface area (Å²) in [6, 6.07) is 8.69. The van der Waals surface area contributed by atoms with Crippen molar-refractivity contribution in [3.05, 3.63) is 46.0 Å². The summed E-state index contributed by atoms with van der Waals surface area (Å²) in [6.45, 7) is 0. The molecule has 1 aliphatic carbocycles. The zero-order valence-electron chi connectivity index (χ0n) is 6.89. The topological polar surface area (TPSA) is 0 Å². The van der Waals surface area contributed by atoms with Crippen LogP contribution in [0.4, 0.5) is 0 Å². The van der Waals surface area contributed by atoms with Gasteiger partial charge in [0.25, 0.3) is 0 Å². The lowest BCUT2D eigenvalue weighted by molar-refractivity contribution is 0.993. The Hall–Kier alpha value is -0.560. The molecule has 0 saturated carbocycles. The van der Waals surface area contributed by atoms with Crippen LogP contribution in [0.3, 0.4) is 0 Å². The second-order valence-electron chi connectivity index (χ2n) is 3.12. The molecule has 0 nitrogen and oxygen atoms in total. The van der Waals surface area contributed by atoms with E-state index in [1.807, 2.05) is 0 Å². The maximum Gasteiger partial charge on any atom is -0.00826 e. The molecule has 0 heterocycles. The molecule has 0 saturated heterocycles. The summed E-state index contributed by atoms with van der Waals surface area (Å²) in [4.78, 5) is 0. The van der Waals surface area contributed by atoms with Crippen molar-refractivity contribution in [2.24, 2.45) is 0 Å². The molecule has 0 bridgehead atoms. The number of rotatable bonds is 0. The molecule has 0 fully saturated rings. The van der Waals surface area contributed by atoms with Crippen LogP contribution in [0.25, 0.3) is 0 Å². The number of aryl methyl sites for hydroxylation is 1. The van der Waals surface area contributed by atoms with Crippen LogP contribution in [-0.4, -0.2) is 0 Å². The van der Waals surface area contributed by atoms with Crippen LogP contribution < -0.4 is 0 Å². The largest absolute Gasteiger partial charge is 0.0699 e. The molecule has 1 aliphatic rings. The Morgan fingerprint density at radius 2 is 1.75 bits per heavy atom.